The number of ether oxygens (including phenoxy) is 4. The lowest BCUT2D eigenvalue weighted by molar-refractivity contribution is -0.131. The minimum atomic E-state index is -0.691. The summed E-state index contributed by atoms with van der Waals surface area (Å²) in [6.45, 7) is 2.75. The number of carbonyl (C=O) groups is 2. The van der Waals surface area contributed by atoms with E-state index in [1.807, 2.05) is 60.7 Å². The number of aliphatic hydroxyl groups is 2. The molecule has 0 unspecified atom stereocenters. The number of unbranched alkanes of at least 4 members (excludes halogenated alkanes) is 2. The van der Waals surface area contributed by atoms with Gasteiger partial charge in [0.2, 0.25) is 0 Å². The SMILES string of the molecule is COCCCCOC(=O)Oc1ccc(C2(c3ccc(OC(C)=O)cc3)CCCCC2)cc1.OCCCCO.Oc1ccc(C2(c3ccc(O)cc3)CCCCC2)cc1. The highest BCUT2D eigenvalue weighted by molar-refractivity contribution is 5.69. The van der Waals surface area contributed by atoms with Gasteiger partial charge in [0.25, 0.3) is 0 Å². The zero-order valence-electron chi connectivity index (χ0n) is 34.2. The Balaban J connectivity index is 0.000000242. The quantitative estimate of drug-likeness (QED) is 0.0420. The predicted molar refractivity (Wildman–Crippen MR) is 225 cm³/mol. The van der Waals surface area contributed by atoms with Crippen LogP contribution in [0, 0.1) is 0 Å². The van der Waals surface area contributed by atoms with Gasteiger partial charge < -0.3 is 39.4 Å². The van der Waals surface area contributed by atoms with Gasteiger partial charge in [0.1, 0.15) is 23.0 Å². The van der Waals surface area contributed by atoms with Crippen molar-refractivity contribution in [2.45, 2.75) is 108 Å². The molecule has 10 nitrogen and oxygen atoms in total. The first-order valence-electron chi connectivity index (χ1n) is 20.7. The van der Waals surface area contributed by atoms with Crippen LogP contribution in [-0.2, 0) is 25.1 Å². The van der Waals surface area contributed by atoms with Crippen molar-refractivity contribution in [2.75, 3.05) is 33.5 Å². The second-order valence-electron chi connectivity index (χ2n) is 15.1. The molecule has 2 aliphatic rings. The van der Waals surface area contributed by atoms with Gasteiger partial charge in [-0.25, -0.2) is 4.79 Å². The Morgan fingerprint density at radius 2 is 0.879 bits per heavy atom. The standard InChI is InChI=1S/C26H32O6.C18H20O2.C4H10O2/c1-20(27)31-23-12-8-21(9-13-23)26(16-4-3-5-17-26)22-10-14-24(15-11-22)32-25(28)30-19-7-6-18-29-2;19-16-8-4-14(5-9-16)18(12-2-1-3-13-18)15-6-10-17(20)11-7-15;5-3-1-2-4-6/h8-15H,3-7,16-19H2,1-2H3;4-11,19-20H,1-3,12-13H2;5-6H,1-4H2. The second-order valence-corrected chi connectivity index (χ2v) is 15.1. The van der Waals surface area contributed by atoms with E-state index in [4.69, 9.17) is 29.2 Å². The zero-order chi connectivity index (χ0) is 41.6. The summed E-state index contributed by atoms with van der Waals surface area (Å²) in [4.78, 5) is 23.1. The van der Waals surface area contributed by atoms with Gasteiger partial charge in [-0.2, -0.15) is 0 Å². The highest BCUT2D eigenvalue weighted by atomic mass is 16.7. The number of benzene rings is 4. The zero-order valence-corrected chi connectivity index (χ0v) is 34.2. The van der Waals surface area contributed by atoms with Crippen LogP contribution in [0.3, 0.4) is 0 Å². The van der Waals surface area contributed by atoms with E-state index in [2.05, 4.69) is 12.1 Å². The van der Waals surface area contributed by atoms with Gasteiger partial charge in [-0.1, -0.05) is 87.1 Å². The molecular weight excluding hydrogens is 737 g/mol. The summed E-state index contributed by atoms with van der Waals surface area (Å²) in [7, 11) is 1.65. The molecule has 2 fully saturated rings. The Kier molecular flexibility index (Phi) is 19.0. The molecule has 2 saturated carbocycles. The van der Waals surface area contributed by atoms with Crippen molar-refractivity contribution in [3.8, 4) is 23.0 Å². The predicted octanol–water partition coefficient (Wildman–Crippen LogP) is 9.90. The molecule has 4 aromatic carbocycles. The lowest BCUT2D eigenvalue weighted by atomic mass is 9.65. The summed E-state index contributed by atoms with van der Waals surface area (Å²) in [6, 6.07) is 30.7. The number of hydrogen-bond acceptors (Lipinski definition) is 10. The third-order valence-corrected chi connectivity index (χ3v) is 11.1. The molecule has 4 N–H and O–H groups in total. The smallest absolute Gasteiger partial charge is 0.508 e. The van der Waals surface area contributed by atoms with Gasteiger partial charge in [-0.3, -0.25) is 4.79 Å². The van der Waals surface area contributed by atoms with E-state index in [9.17, 15) is 19.8 Å². The summed E-state index contributed by atoms with van der Waals surface area (Å²) in [5, 5.41) is 35.2. The van der Waals surface area contributed by atoms with Crippen LogP contribution in [0.2, 0.25) is 0 Å². The molecule has 0 aliphatic heterocycles. The molecule has 10 heteroatoms. The fraction of sp³-hybridized carbons (Fsp3) is 0.458. The van der Waals surface area contributed by atoms with E-state index in [-0.39, 0.29) is 30.0 Å². The van der Waals surface area contributed by atoms with E-state index in [1.165, 1.54) is 54.9 Å². The number of rotatable bonds is 14. The van der Waals surface area contributed by atoms with Crippen LogP contribution in [0.25, 0.3) is 0 Å². The van der Waals surface area contributed by atoms with Crippen LogP contribution in [0.5, 0.6) is 23.0 Å². The van der Waals surface area contributed by atoms with Gasteiger partial charge in [0, 0.05) is 44.7 Å². The third kappa shape index (κ3) is 13.6. The summed E-state index contributed by atoms with van der Waals surface area (Å²) in [6.07, 6.45) is 13.9. The maximum absolute atomic E-state index is 11.9. The first-order chi connectivity index (χ1) is 28.2. The van der Waals surface area contributed by atoms with E-state index >= 15 is 0 Å². The van der Waals surface area contributed by atoms with Gasteiger partial charge >= 0.3 is 12.1 Å². The van der Waals surface area contributed by atoms with Crippen LogP contribution in [0.15, 0.2) is 97.1 Å². The lowest BCUT2D eigenvalue weighted by Crippen LogP contribution is -2.30. The fourth-order valence-electron chi connectivity index (χ4n) is 8.06. The third-order valence-electron chi connectivity index (χ3n) is 11.1. The Labute approximate surface area is 343 Å². The van der Waals surface area contributed by atoms with Crippen LogP contribution in [0.4, 0.5) is 4.79 Å². The molecule has 4 aromatic rings. The highest BCUT2D eigenvalue weighted by Gasteiger charge is 2.37. The second kappa shape index (κ2) is 24.1. The van der Waals surface area contributed by atoms with Crippen molar-refractivity contribution < 1.29 is 49.0 Å². The Hall–Kier alpha value is -4.90. The monoisotopic (exact) mass is 798 g/mol. The van der Waals surface area contributed by atoms with E-state index in [0.29, 0.717) is 36.2 Å². The van der Waals surface area contributed by atoms with E-state index < -0.39 is 6.16 Å². The topological polar surface area (TPSA) is 152 Å². The molecule has 0 aromatic heterocycles. The first-order valence-corrected chi connectivity index (χ1v) is 20.7. The Morgan fingerprint density at radius 1 is 0.517 bits per heavy atom. The molecule has 0 bridgehead atoms. The number of phenols is 2. The molecule has 0 atom stereocenters. The van der Waals surface area contributed by atoms with Gasteiger partial charge in [-0.05, 0) is 122 Å². The molecule has 0 heterocycles. The summed E-state index contributed by atoms with van der Waals surface area (Å²) < 4.78 is 20.6. The molecular formula is C48H62O10. The van der Waals surface area contributed by atoms with Crippen molar-refractivity contribution in [3.63, 3.8) is 0 Å². The average molecular weight is 799 g/mol. The molecule has 2 aliphatic carbocycles. The maximum Gasteiger partial charge on any atom is 0.513 e. The van der Waals surface area contributed by atoms with Crippen LogP contribution < -0.4 is 9.47 Å². The van der Waals surface area contributed by atoms with Crippen LogP contribution in [-0.4, -0.2) is 66.1 Å². The minimum Gasteiger partial charge on any atom is -0.508 e. The van der Waals surface area contributed by atoms with Crippen molar-refractivity contribution >= 4 is 12.1 Å². The fourth-order valence-corrected chi connectivity index (χ4v) is 8.06. The number of aromatic hydroxyl groups is 2. The van der Waals surface area contributed by atoms with Crippen LogP contribution >= 0.6 is 0 Å². The molecule has 0 amide bonds. The molecule has 0 radical (unpaired) electrons. The number of aliphatic hydroxyl groups excluding tert-OH is 2. The number of hydrogen-bond donors (Lipinski definition) is 4. The number of esters is 1. The number of methoxy groups -OCH3 is 1. The van der Waals surface area contributed by atoms with Gasteiger partial charge in [0.15, 0.2) is 0 Å². The van der Waals surface area contributed by atoms with Gasteiger partial charge in [0.05, 0.1) is 6.61 Å². The van der Waals surface area contributed by atoms with Crippen molar-refractivity contribution in [1.29, 1.82) is 0 Å². The van der Waals surface area contributed by atoms with Crippen molar-refractivity contribution in [1.82, 2.24) is 0 Å². The number of phenolic OH excluding ortho intramolecular Hbond substituents is 2. The van der Waals surface area contributed by atoms with E-state index in [0.717, 1.165) is 64.2 Å². The van der Waals surface area contributed by atoms with Crippen LogP contribution in [0.1, 0.15) is 119 Å². The summed E-state index contributed by atoms with van der Waals surface area (Å²) in [5.74, 6) is 1.31. The number of carbonyl (C=O) groups excluding carboxylic acids is 2. The largest absolute Gasteiger partial charge is 0.513 e. The van der Waals surface area contributed by atoms with E-state index in [1.54, 1.807) is 31.4 Å². The summed E-state index contributed by atoms with van der Waals surface area (Å²) >= 11 is 0. The molecule has 0 spiro atoms. The lowest BCUT2D eigenvalue weighted by Gasteiger charge is -2.38. The molecule has 6 rings (SSSR count). The normalized spacial score (nSPS) is 15.4. The maximum atomic E-state index is 11.9. The first kappa shape index (κ1) is 45.8. The van der Waals surface area contributed by atoms with Crippen molar-refractivity contribution in [3.05, 3.63) is 119 Å². The molecule has 314 valence electrons. The Morgan fingerprint density at radius 3 is 1.24 bits per heavy atom. The molecule has 0 saturated heterocycles. The summed E-state index contributed by atoms with van der Waals surface area (Å²) in [5.41, 5.74) is 4.85. The average Bonchev–Trinajstić information content (AvgIpc) is 3.24. The van der Waals surface area contributed by atoms with Gasteiger partial charge in [-0.15, -0.1) is 0 Å². The Bertz CT molecular complexity index is 1710. The van der Waals surface area contributed by atoms with Crippen molar-refractivity contribution in [2.24, 2.45) is 0 Å². The minimum absolute atomic E-state index is 0.0274. The molecule has 58 heavy (non-hydrogen) atoms. The highest BCUT2D eigenvalue weighted by Crippen LogP contribution is 2.47.